The van der Waals surface area contributed by atoms with Crippen molar-refractivity contribution in [1.29, 1.82) is 0 Å². The average Bonchev–Trinajstić information content (AvgIpc) is 3.44. The fraction of sp³-hybridized carbons (Fsp3) is 0.136. The summed E-state index contributed by atoms with van der Waals surface area (Å²) >= 11 is 0. The van der Waals surface area contributed by atoms with Crippen LogP contribution in [0.1, 0.15) is 43.2 Å². The smallest absolute Gasteiger partial charge is 0.115 e. The summed E-state index contributed by atoms with van der Waals surface area (Å²) in [6.07, 6.45) is 17.0. The third kappa shape index (κ3) is 4.84. The van der Waals surface area contributed by atoms with Gasteiger partial charge in [0.15, 0.2) is 0 Å². The lowest BCUT2D eigenvalue weighted by Crippen LogP contribution is -2.27. The van der Waals surface area contributed by atoms with E-state index in [1.807, 2.05) is 24.8 Å². The van der Waals surface area contributed by atoms with E-state index >= 15 is 0 Å². The fourth-order valence-electron chi connectivity index (χ4n) is 8.18. The zero-order valence-corrected chi connectivity index (χ0v) is 26.7. The van der Waals surface area contributed by atoms with Crippen LogP contribution in [0.5, 0.6) is 0 Å². The highest BCUT2D eigenvalue weighted by Crippen LogP contribution is 2.57. The molecule has 2 aliphatic carbocycles. The van der Waals surface area contributed by atoms with E-state index in [0.717, 1.165) is 33.4 Å². The monoisotopic (exact) mass is 618 g/mol. The standard InChI is InChI=1S/C44H34N4/c1-4-18-44(19-5-1)41-12-3-2-10-40(41)43-39(11-7-13-42(43)44)33-9-6-8-32(20-33)30-14-16-31(17-15-30)34-21-35(37-24-45-28-46-25-37)23-36(22-34)38-26-47-29-48-27-38/h2-3,6-17,20-29H,1,4-5,18-19H2. The molecule has 7 aromatic rings. The van der Waals surface area contributed by atoms with Crippen LogP contribution in [0.4, 0.5) is 0 Å². The minimum absolute atomic E-state index is 0.159. The van der Waals surface area contributed by atoms with Gasteiger partial charge < -0.3 is 0 Å². The molecule has 1 saturated carbocycles. The number of benzene rings is 5. The molecule has 0 radical (unpaired) electrons. The summed E-state index contributed by atoms with van der Waals surface area (Å²) < 4.78 is 0. The van der Waals surface area contributed by atoms with Gasteiger partial charge in [0.25, 0.3) is 0 Å². The molecule has 1 fully saturated rings. The van der Waals surface area contributed by atoms with Gasteiger partial charge in [-0.15, -0.1) is 0 Å². The molecule has 0 unspecified atom stereocenters. The quantitative estimate of drug-likeness (QED) is 0.193. The van der Waals surface area contributed by atoms with Crippen LogP contribution in [0, 0.1) is 0 Å². The molecular weight excluding hydrogens is 585 g/mol. The Balaban J connectivity index is 1.09. The van der Waals surface area contributed by atoms with Crippen LogP contribution in [0.15, 0.2) is 147 Å². The van der Waals surface area contributed by atoms with Crippen molar-refractivity contribution < 1.29 is 0 Å². The van der Waals surface area contributed by atoms with Gasteiger partial charge in [0.2, 0.25) is 0 Å². The van der Waals surface area contributed by atoms with Crippen LogP contribution in [0.3, 0.4) is 0 Å². The molecule has 0 saturated heterocycles. The number of aromatic nitrogens is 4. The van der Waals surface area contributed by atoms with Crippen molar-refractivity contribution in [3.05, 3.63) is 158 Å². The van der Waals surface area contributed by atoms with Crippen LogP contribution in [0.25, 0.3) is 66.8 Å². The van der Waals surface area contributed by atoms with Crippen molar-refractivity contribution in [3.63, 3.8) is 0 Å². The maximum Gasteiger partial charge on any atom is 0.115 e. The molecule has 0 atom stereocenters. The summed E-state index contributed by atoms with van der Waals surface area (Å²) in [5, 5.41) is 0. The van der Waals surface area contributed by atoms with Crippen LogP contribution >= 0.6 is 0 Å². The largest absolute Gasteiger partial charge is 0.244 e. The highest BCUT2D eigenvalue weighted by molar-refractivity contribution is 5.93. The molecule has 0 aliphatic heterocycles. The van der Waals surface area contributed by atoms with Gasteiger partial charge in [0.05, 0.1) is 0 Å². The lowest BCUT2D eigenvalue weighted by molar-refractivity contribution is 0.353. The van der Waals surface area contributed by atoms with Crippen molar-refractivity contribution in [2.75, 3.05) is 0 Å². The number of fused-ring (bicyclic) bond motifs is 5. The van der Waals surface area contributed by atoms with E-state index in [-0.39, 0.29) is 5.41 Å². The van der Waals surface area contributed by atoms with E-state index in [1.54, 1.807) is 12.7 Å². The normalized spacial score (nSPS) is 14.4. The molecule has 0 N–H and O–H groups in total. The van der Waals surface area contributed by atoms with Gasteiger partial charge in [-0.1, -0.05) is 104 Å². The van der Waals surface area contributed by atoms with Crippen molar-refractivity contribution >= 4 is 0 Å². The zero-order chi connectivity index (χ0) is 31.9. The van der Waals surface area contributed by atoms with Gasteiger partial charge in [-0.2, -0.15) is 0 Å². The first kappa shape index (κ1) is 28.5. The summed E-state index contributed by atoms with van der Waals surface area (Å²) in [5.74, 6) is 0. The average molecular weight is 619 g/mol. The number of nitrogens with zero attached hydrogens (tertiary/aromatic N) is 4. The van der Waals surface area contributed by atoms with E-state index in [1.165, 1.54) is 76.6 Å². The maximum absolute atomic E-state index is 4.26. The Morgan fingerprint density at radius 1 is 0.375 bits per heavy atom. The molecule has 1 spiro atoms. The molecular formula is C44H34N4. The number of hydrogen-bond acceptors (Lipinski definition) is 4. The summed E-state index contributed by atoms with van der Waals surface area (Å²) in [6.45, 7) is 0. The maximum atomic E-state index is 4.26. The van der Waals surface area contributed by atoms with E-state index in [4.69, 9.17) is 0 Å². The van der Waals surface area contributed by atoms with Crippen molar-refractivity contribution in [1.82, 2.24) is 19.9 Å². The molecule has 4 nitrogen and oxygen atoms in total. The number of hydrogen-bond donors (Lipinski definition) is 0. The molecule has 0 bridgehead atoms. The highest BCUT2D eigenvalue weighted by atomic mass is 14.8. The fourth-order valence-corrected chi connectivity index (χ4v) is 8.18. The van der Waals surface area contributed by atoms with Crippen molar-refractivity contribution in [3.8, 4) is 66.8 Å². The van der Waals surface area contributed by atoms with Gasteiger partial charge >= 0.3 is 0 Å². The molecule has 4 heteroatoms. The summed E-state index contributed by atoms with van der Waals surface area (Å²) in [7, 11) is 0. The third-order valence-electron chi connectivity index (χ3n) is 10.4. The molecule has 0 amide bonds. The molecule has 2 aromatic heterocycles. The lowest BCUT2D eigenvalue weighted by atomic mass is 9.68. The molecule has 48 heavy (non-hydrogen) atoms. The number of rotatable bonds is 5. The second kappa shape index (κ2) is 11.8. The van der Waals surface area contributed by atoms with Gasteiger partial charge in [-0.05, 0) is 104 Å². The molecule has 230 valence electrons. The predicted molar refractivity (Wildman–Crippen MR) is 194 cm³/mol. The highest BCUT2D eigenvalue weighted by Gasteiger charge is 2.44. The van der Waals surface area contributed by atoms with Crippen molar-refractivity contribution in [2.45, 2.75) is 37.5 Å². The van der Waals surface area contributed by atoms with Gasteiger partial charge in [0, 0.05) is 41.3 Å². The van der Waals surface area contributed by atoms with E-state index in [2.05, 4.69) is 129 Å². The van der Waals surface area contributed by atoms with Crippen LogP contribution < -0.4 is 0 Å². The Morgan fingerprint density at radius 2 is 0.875 bits per heavy atom. The second-order valence-corrected chi connectivity index (χ2v) is 13.1. The SMILES string of the molecule is c1cc(-c2ccc(-c3cc(-c4cncnc4)cc(-c4cncnc4)c3)cc2)cc(-c2cccc3c2-c2ccccc2C32CCCCC2)c1. The first-order valence-corrected chi connectivity index (χ1v) is 16.9. The molecule has 2 heterocycles. The minimum atomic E-state index is 0.159. The summed E-state index contributed by atoms with van der Waals surface area (Å²) in [6, 6.07) is 40.7. The first-order valence-electron chi connectivity index (χ1n) is 16.9. The summed E-state index contributed by atoms with van der Waals surface area (Å²) in [5.41, 5.74) is 17.4. The minimum Gasteiger partial charge on any atom is -0.244 e. The Hall–Kier alpha value is -5.74. The third-order valence-corrected chi connectivity index (χ3v) is 10.4. The zero-order valence-electron chi connectivity index (χ0n) is 26.7. The van der Waals surface area contributed by atoms with E-state index in [0.29, 0.717) is 0 Å². The van der Waals surface area contributed by atoms with E-state index in [9.17, 15) is 0 Å². The van der Waals surface area contributed by atoms with Crippen LogP contribution in [-0.2, 0) is 5.41 Å². The molecule has 9 rings (SSSR count). The topological polar surface area (TPSA) is 51.6 Å². The van der Waals surface area contributed by atoms with Crippen molar-refractivity contribution in [2.24, 2.45) is 0 Å². The Morgan fingerprint density at radius 3 is 1.54 bits per heavy atom. The second-order valence-electron chi connectivity index (χ2n) is 13.1. The summed E-state index contributed by atoms with van der Waals surface area (Å²) in [4.78, 5) is 17.0. The Kier molecular flexibility index (Phi) is 7.01. The van der Waals surface area contributed by atoms with Gasteiger partial charge in [-0.25, -0.2) is 19.9 Å². The van der Waals surface area contributed by atoms with Gasteiger partial charge in [-0.3, -0.25) is 0 Å². The lowest BCUT2D eigenvalue weighted by Gasteiger charge is -2.36. The Bertz CT molecular complexity index is 2200. The predicted octanol–water partition coefficient (Wildman–Crippen LogP) is 10.8. The van der Waals surface area contributed by atoms with Crippen LogP contribution in [-0.4, -0.2) is 19.9 Å². The van der Waals surface area contributed by atoms with Gasteiger partial charge in [0.1, 0.15) is 12.7 Å². The van der Waals surface area contributed by atoms with E-state index < -0.39 is 0 Å². The van der Waals surface area contributed by atoms with Crippen LogP contribution in [0.2, 0.25) is 0 Å². The Labute approximate surface area is 281 Å². The molecule has 5 aromatic carbocycles. The molecule has 2 aliphatic rings. The first-order chi connectivity index (χ1) is 23.8.